The molecule has 0 spiro atoms. The van der Waals surface area contributed by atoms with Crippen LogP contribution >= 0.6 is 11.6 Å². The maximum atomic E-state index is 12.6. The minimum atomic E-state index is -3.32. The number of aromatic amines is 1. The normalized spacial score (nSPS) is 11.6. The molecule has 0 radical (unpaired) electrons. The molecule has 9 heteroatoms. The molecule has 0 saturated carbocycles. The van der Waals surface area contributed by atoms with E-state index >= 15 is 0 Å². The van der Waals surface area contributed by atoms with E-state index in [1.165, 1.54) is 24.3 Å². The van der Waals surface area contributed by atoms with Crippen LogP contribution in [0.1, 0.15) is 15.9 Å². The third-order valence-corrected chi connectivity index (χ3v) is 5.96. The Morgan fingerprint density at radius 1 is 1.10 bits per heavy atom. The molecule has 30 heavy (non-hydrogen) atoms. The van der Waals surface area contributed by atoms with Crippen LogP contribution in [-0.2, 0) is 9.84 Å². The van der Waals surface area contributed by atoms with Crippen LogP contribution < -0.4 is 5.32 Å². The molecule has 0 fully saturated rings. The Morgan fingerprint density at radius 2 is 1.83 bits per heavy atom. The summed E-state index contributed by atoms with van der Waals surface area (Å²) in [6, 6.07) is 12.8. The summed E-state index contributed by atoms with van der Waals surface area (Å²) in [4.78, 5) is 24.7. The number of aromatic nitrogens is 3. The lowest BCUT2D eigenvalue weighted by molar-refractivity contribution is 0.102. The SMILES string of the molecule is Cc1cnc2nc(-c3cc(NC(=O)c4ccc(S(C)(=O)=O)cc4)ccc3Cl)[nH]c2c1. The molecule has 0 saturated heterocycles. The van der Waals surface area contributed by atoms with E-state index in [1.807, 2.05) is 13.0 Å². The van der Waals surface area contributed by atoms with Crippen molar-refractivity contribution in [3.8, 4) is 11.4 Å². The molecular formula is C21H17ClN4O3S. The Kier molecular flexibility index (Phi) is 5.05. The summed E-state index contributed by atoms with van der Waals surface area (Å²) in [5.41, 5.74) is 3.86. The first kappa shape index (κ1) is 20.1. The molecule has 0 aliphatic carbocycles. The predicted octanol–water partition coefficient (Wildman–Crippen LogP) is 4.24. The lowest BCUT2D eigenvalue weighted by Gasteiger charge is -2.08. The van der Waals surface area contributed by atoms with Crippen molar-refractivity contribution in [2.45, 2.75) is 11.8 Å². The highest BCUT2D eigenvalue weighted by Crippen LogP contribution is 2.30. The monoisotopic (exact) mass is 440 g/mol. The number of hydrogen-bond donors (Lipinski definition) is 2. The number of aryl methyl sites for hydroxylation is 1. The maximum Gasteiger partial charge on any atom is 0.255 e. The molecule has 0 aliphatic heterocycles. The highest BCUT2D eigenvalue weighted by atomic mass is 35.5. The van der Waals surface area contributed by atoms with Gasteiger partial charge in [-0.25, -0.2) is 18.4 Å². The van der Waals surface area contributed by atoms with Crippen LogP contribution in [0, 0.1) is 6.92 Å². The number of nitrogens with zero attached hydrogens (tertiary/aromatic N) is 2. The molecule has 0 aliphatic rings. The summed E-state index contributed by atoms with van der Waals surface area (Å²) in [7, 11) is -3.32. The van der Waals surface area contributed by atoms with Gasteiger partial charge >= 0.3 is 0 Å². The molecule has 2 heterocycles. The zero-order valence-electron chi connectivity index (χ0n) is 16.1. The van der Waals surface area contributed by atoms with Crippen LogP contribution in [0.2, 0.25) is 5.02 Å². The van der Waals surface area contributed by atoms with Gasteiger partial charge in [0.15, 0.2) is 15.5 Å². The van der Waals surface area contributed by atoms with Crippen LogP contribution in [0.25, 0.3) is 22.6 Å². The molecule has 0 atom stereocenters. The zero-order valence-corrected chi connectivity index (χ0v) is 17.7. The highest BCUT2D eigenvalue weighted by Gasteiger charge is 2.14. The van der Waals surface area contributed by atoms with Gasteiger partial charge in [0.05, 0.1) is 15.4 Å². The lowest BCUT2D eigenvalue weighted by Crippen LogP contribution is -2.12. The van der Waals surface area contributed by atoms with Crippen LogP contribution in [0.5, 0.6) is 0 Å². The van der Waals surface area contributed by atoms with Crippen molar-refractivity contribution in [1.82, 2.24) is 15.0 Å². The van der Waals surface area contributed by atoms with E-state index < -0.39 is 9.84 Å². The third kappa shape index (κ3) is 4.05. The van der Waals surface area contributed by atoms with Crippen molar-refractivity contribution in [2.24, 2.45) is 0 Å². The quantitative estimate of drug-likeness (QED) is 0.493. The van der Waals surface area contributed by atoms with Gasteiger partial charge in [0.25, 0.3) is 5.91 Å². The molecule has 4 rings (SSSR count). The lowest BCUT2D eigenvalue weighted by atomic mass is 10.1. The molecule has 152 valence electrons. The molecule has 1 amide bonds. The van der Waals surface area contributed by atoms with Crippen molar-refractivity contribution in [3.05, 3.63) is 70.9 Å². The van der Waals surface area contributed by atoms with Crippen LogP contribution in [0.3, 0.4) is 0 Å². The summed E-state index contributed by atoms with van der Waals surface area (Å²) < 4.78 is 23.1. The number of H-pyrrole nitrogens is 1. The summed E-state index contributed by atoms with van der Waals surface area (Å²) in [5.74, 6) is 0.173. The van der Waals surface area contributed by atoms with E-state index in [0.29, 0.717) is 33.3 Å². The molecular weight excluding hydrogens is 424 g/mol. The highest BCUT2D eigenvalue weighted by molar-refractivity contribution is 7.90. The van der Waals surface area contributed by atoms with E-state index in [-0.39, 0.29) is 10.8 Å². The minimum absolute atomic E-state index is 0.154. The summed E-state index contributed by atoms with van der Waals surface area (Å²) in [6.45, 7) is 1.94. The second-order valence-electron chi connectivity index (χ2n) is 6.91. The van der Waals surface area contributed by atoms with Crippen LogP contribution in [0.4, 0.5) is 5.69 Å². The fourth-order valence-corrected chi connectivity index (χ4v) is 3.81. The Balaban J connectivity index is 1.62. The van der Waals surface area contributed by atoms with Gasteiger partial charge in [-0.3, -0.25) is 4.79 Å². The number of anilines is 1. The molecule has 0 bridgehead atoms. The fraction of sp³-hybridized carbons (Fsp3) is 0.0952. The zero-order chi connectivity index (χ0) is 21.5. The van der Waals surface area contributed by atoms with Gasteiger partial charge in [0, 0.05) is 29.3 Å². The molecule has 2 aromatic carbocycles. The first-order chi connectivity index (χ1) is 14.2. The predicted molar refractivity (Wildman–Crippen MR) is 117 cm³/mol. The number of amides is 1. The standard InChI is InChI=1S/C21H17ClN4O3S/c1-12-9-18-20(23-11-12)26-19(25-18)16-10-14(5-8-17(16)22)24-21(27)13-3-6-15(7-4-13)30(2,28)29/h3-11H,1-2H3,(H,24,27)(H,23,25,26). The van der Waals surface area contributed by atoms with Crippen LogP contribution in [0.15, 0.2) is 59.6 Å². The van der Waals surface area contributed by atoms with Crippen molar-refractivity contribution in [1.29, 1.82) is 0 Å². The Morgan fingerprint density at radius 3 is 2.53 bits per heavy atom. The van der Waals surface area contributed by atoms with Gasteiger partial charge in [0.1, 0.15) is 5.82 Å². The number of carbonyl (C=O) groups excluding carboxylic acids is 1. The van der Waals surface area contributed by atoms with Gasteiger partial charge in [-0.2, -0.15) is 0 Å². The number of carbonyl (C=O) groups is 1. The molecule has 7 nitrogen and oxygen atoms in total. The Hall–Kier alpha value is -3.23. The van der Waals surface area contributed by atoms with E-state index in [1.54, 1.807) is 24.4 Å². The van der Waals surface area contributed by atoms with Crippen molar-refractivity contribution in [3.63, 3.8) is 0 Å². The number of sulfone groups is 1. The van der Waals surface area contributed by atoms with E-state index in [9.17, 15) is 13.2 Å². The number of imidazole rings is 1. The average molecular weight is 441 g/mol. The number of halogens is 1. The number of benzene rings is 2. The first-order valence-corrected chi connectivity index (χ1v) is 11.2. The topological polar surface area (TPSA) is 105 Å². The summed E-state index contributed by atoms with van der Waals surface area (Å²) in [6.07, 6.45) is 2.85. The van der Waals surface area contributed by atoms with Gasteiger partial charge in [-0.15, -0.1) is 0 Å². The maximum absolute atomic E-state index is 12.6. The van der Waals surface area contributed by atoms with Gasteiger partial charge < -0.3 is 10.3 Å². The number of pyridine rings is 1. The smallest absolute Gasteiger partial charge is 0.255 e. The number of hydrogen-bond acceptors (Lipinski definition) is 5. The van der Waals surface area contributed by atoms with Crippen molar-refractivity contribution < 1.29 is 13.2 Å². The van der Waals surface area contributed by atoms with E-state index in [2.05, 4.69) is 20.3 Å². The molecule has 2 N–H and O–H groups in total. The van der Waals surface area contributed by atoms with E-state index in [0.717, 1.165) is 17.3 Å². The van der Waals surface area contributed by atoms with Crippen molar-refractivity contribution in [2.75, 3.05) is 11.6 Å². The number of fused-ring (bicyclic) bond motifs is 1. The largest absolute Gasteiger partial charge is 0.337 e. The summed E-state index contributed by atoms with van der Waals surface area (Å²) in [5, 5.41) is 3.27. The van der Waals surface area contributed by atoms with Gasteiger partial charge in [-0.1, -0.05) is 11.6 Å². The molecule has 0 unspecified atom stereocenters. The molecule has 4 aromatic rings. The Bertz CT molecular complexity index is 1380. The fourth-order valence-electron chi connectivity index (χ4n) is 2.97. The number of nitrogens with one attached hydrogen (secondary N) is 2. The second-order valence-corrected chi connectivity index (χ2v) is 9.34. The Labute approximate surface area is 178 Å². The van der Waals surface area contributed by atoms with Gasteiger partial charge in [-0.05, 0) is 61.0 Å². The van der Waals surface area contributed by atoms with Gasteiger partial charge in [0.2, 0.25) is 0 Å². The average Bonchev–Trinajstić information content (AvgIpc) is 3.11. The minimum Gasteiger partial charge on any atom is -0.337 e. The third-order valence-electron chi connectivity index (χ3n) is 4.50. The summed E-state index contributed by atoms with van der Waals surface area (Å²) >= 11 is 6.35. The first-order valence-electron chi connectivity index (χ1n) is 8.94. The second kappa shape index (κ2) is 7.55. The number of rotatable bonds is 4. The molecule has 2 aromatic heterocycles. The van der Waals surface area contributed by atoms with E-state index in [4.69, 9.17) is 11.6 Å². The van der Waals surface area contributed by atoms with Crippen LogP contribution in [-0.4, -0.2) is 35.5 Å². The van der Waals surface area contributed by atoms with Crippen molar-refractivity contribution >= 4 is 44.2 Å².